The van der Waals surface area contributed by atoms with Crippen molar-refractivity contribution < 1.29 is 19.2 Å². The van der Waals surface area contributed by atoms with Crippen molar-refractivity contribution in [1.82, 2.24) is 10.2 Å². The van der Waals surface area contributed by atoms with Crippen LogP contribution in [0.5, 0.6) is 0 Å². The van der Waals surface area contributed by atoms with Gasteiger partial charge in [-0.2, -0.15) is 0 Å². The maximum Gasteiger partial charge on any atom is 0.353 e. The molecule has 8 heteroatoms. The number of unbranched alkanes of at least 4 members (excludes halogenated alkanes) is 2. The first-order chi connectivity index (χ1) is 10.0. The summed E-state index contributed by atoms with van der Waals surface area (Å²) in [5, 5.41) is 13.0. The lowest BCUT2D eigenvalue weighted by atomic mass is 10.0. The van der Waals surface area contributed by atoms with Gasteiger partial charge in [0.05, 0.1) is 0 Å². The Hall–Kier alpha value is -0.960. The average Bonchev–Trinajstić information content (AvgIpc) is 2.45. The Balaban J connectivity index is 2.12. The number of aliphatic carboxylic acids is 1. The third kappa shape index (κ3) is 2.98. The molecule has 1 fully saturated rings. The molecule has 0 aromatic heterocycles. The van der Waals surface area contributed by atoms with Gasteiger partial charge in [-0.1, -0.05) is 32.0 Å². The van der Waals surface area contributed by atoms with E-state index >= 15 is 0 Å². The van der Waals surface area contributed by atoms with Gasteiger partial charge in [0.2, 0.25) is 5.37 Å². The Morgan fingerprint density at radius 1 is 1.62 bits per heavy atom. The predicted octanol–water partition coefficient (Wildman–Crippen LogP) is 0.404. The normalized spacial score (nSPS) is 28.2. The molecule has 1 unspecified atom stereocenters. The van der Waals surface area contributed by atoms with Crippen molar-refractivity contribution in [3.8, 4) is 0 Å². The number of rotatable bonds is 7. The molecule has 2 N–H and O–H groups in total. The molecule has 1 amide bonds. The van der Waals surface area contributed by atoms with Crippen molar-refractivity contribution in [3.63, 3.8) is 0 Å². The van der Waals surface area contributed by atoms with Crippen LogP contribution in [0, 0.1) is 0 Å². The molecule has 0 aromatic carbocycles. The molecule has 0 bridgehead atoms. The Morgan fingerprint density at radius 2 is 2.33 bits per heavy atom. The van der Waals surface area contributed by atoms with Crippen LogP contribution in [0.2, 0.25) is 0 Å². The van der Waals surface area contributed by atoms with Gasteiger partial charge in [-0.3, -0.25) is 15.0 Å². The highest BCUT2D eigenvalue weighted by Gasteiger charge is 2.59. The fourth-order valence-corrected chi connectivity index (χ4v) is 4.54. The topological polar surface area (TPSA) is 92.7 Å². The molecule has 116 valence electrons. The van der Waals surface area contributed by atoms with Crippen molar-refractivity contribution in [2.75, 3.05) is 12.3 Å². The van der Waals surface area contributed by atoms with Crippen molar-refractivity contribution in [2.24, 2.45) is 0 Å². The summed E-state index contributed by atoms with van der Waals surface area (Å²) >= 11 is 3.44. The minimum absolute atomic E-state index is 0.0900. The van der Waals surface area contributed by atoms with Gasteiger partial charge >= 0.3 is 5.97 Å². The van der Waals surface area contributed by atoms with Gasteiger partial charge in [0.15, 0.2) is 6.04 Å². The van der Waals surface area contributed by atoms with Crippen LogP contribution in [-0.2, 0) is 20.8 Å². The molecule has 21 heavy (non-hydrogen) atoms. The molecule has 2 rings (SSSR count). The summed E-state index contributed by atoms with van der Waals surface area (Å²) in [5.74, 6) is -1.45. The summed E-state index contributed by atoms with van der Waals surface area (Å²) in [4.78, 5) is 24.6. The van der Waals surface area contributed by atoms with Crippen LogP contribution in [-0.4, -0.2) is 55.5 Å². The lowest BCUT2D eigenvalue weighted by molar-refractivity contribution is -0.149. The number of carboxylic acids is 1. The third-order valence-electron chi connectivity index (χ3n) is 3.64. The molecule has 0 spiro atoms. The number of carboxylic acid groups (broad SMARTS) is 1. The second kappa shape index (κ2) is 6.87. The van der Waals surface area contributed by atoms with Crippen molar-refractivity contribution in [2.45, 2.75) is 37.6 Å². The first-order valence-electron chi connectivity index (χ1n) is 6.88. The molecule has 2 aliphatic rings. The minimum Gasteiger partial charge on any atom is -0.614 e. The van der Waals surface area contributed by atoms with Gasteiger partial charge < -0.3 is 9.66 Å². The number of fused-ring (bicyclic) bond motifs is 1. The van der Waals surface area contributed by atoms with Crippen molar-refractivity contribution in [3.05, 3.63) is 11.3 Å². The number of carbonyl (C=O) groups excluding carboxylic acids is 1. The van der Waals surface area contributed by atoms with Crippen molar-refractivity contribution in [1.29, 1.82) is 0 Å². The molecule has 0 aliphatic carbocycles. The van der Waals surface area contributed by atoms with Gasteiger partial charge in [0.1, 0.15) is 11.4 Å². The highest BCUT2D eigenvalue weighted by atomic mass is 32.2. The number of hydrogen-bond acceptors (Lipinski definition) is 5. The van der Waals surface area contributed by atoms with E-state index in [1.165, 1.54) is 5.37 Å². The van der Waals surface area contributed by atoms with E-state index in [2.05, 4.69) is 12.2 Å². The van der Waals surface area contributed by atoms with Gasteiger partial charge in [-0.15, -0.1) is 0 Å². The van der Waals surface area contributed by atoms with E-state index in [1.54, 1.807) is 0 Å². The lowest BCUT2D eigenvalue weighted by Crippen LogP contribution is -2.74. The second-order valence-electron chi connectivity index (χ2n) is 5.06. The maximum absolute atomic E-state index is 12.2. The van der Waals surface area contributed by atoms with E-state index in [9.17, 15) is 19.2 Å². The smallest absolute Gasteiger partial charge is 0.353 e. The summed E-state index contributed by atoms with van der Waals surface area (Å²) in [6.45, 7) is 2.75. The lowest BCUT2D eigenvalue weighted by Gasteiger charge is -2.48. The summed E-state index contributed by atoms with van der Waals surface area (Å²) in [7, 11) is 0. The second-order valence-corrected chi connectivity index (χ2v) is 6.83. The van der Waals surface area contributed by atoms with E-state index in [0.717, 1.165) is 24.2 Å². The summed E-state index contributed by atoms with van der Waals surface area (Å²) in [5.41, 5.74) is 0.163. The average molecular weight is 330 g/mol. The molecular formula is C13H18N2O4S2. The summed E-state index contributed by atoms with van der Waals surface area (Å²) in [6, 6.07) is -0.552. The molecule has 2 heterocycles. The fourth-order valence-electron chi connectivity index (χ4n) is 2.58. The minimum atomic E-state index is -1.33. The quantitative estimate of drug-likeness (QED) is 0.304. The Morgan fingerprint density at radius 3 is 2.90 bits per heavy atom. The molecule has 0 saturated carbocycles. The number of thiocarbonyl (C=S) groups is 1. The highest BCUT2D eigenvalue weighted by Crippen LogP contribution is 2.36. The number of carbonyl (C=O) groups is 2. The molecule has 0 radical (unpaired) electrons. The third-order valence-corrected chi connectivity index (χ3v) is 5.55. The molecule has 1 saturated heterocycles. The van der Waals surface area contributed by atoms with Gasteiger partial charge in [0.25, 0.3) is 5.91 Å². The molecule has 3 atom stereocenters. The zero-order valence-corrected chi connectivity index (χ0v) is 13.3. The molecule has 0 aromatic rings. The van der Waals surface area contributed by atoms with E-state index in [-0.39, 0.29) is 22.9 Å². The number of amides is 1. The van der Waals surface area contributed by atoms with Gasteiger partial charge in [0, 0.05) is 10.9 Å². The van der Waals surface area contributed by atoms with Crippen LogP contribution in [0.1, 0.15) is 26.2 Å². The van der Waals surface area contributed by atoms with E-state index in [4.69, 9.17) is 12.2 Å². The molecule has 6 nitrogen and oxygen atoms in total. The Bertz CT molecular complexity index is 495. The number of nitrogens with one attached hydrogen (secondary N) is 1. The van der Waals surface area contributed by atoms with Crippen LogP contribution < -0.4 is 5.32 Å². The highest BCUT2D eigenvalue weighted by molar-refractivity contribution is 7.92. The maximum atomic E-state index is 12.2. The molecular weight excluding hydrogens is 312 g/mol. The first kappa shape index (κ1) is 16.4. The van der Waals surface area contributed by atoms with Crippen LogP contribution >= 0.6 is 12.2 Å². The van der Waals surface area contributed by atoms with Gasteiger partial charge in [-0.25, -0.2) is 4.79 Å². The fraction of sp³-hybridized carbons (Fsp3) is 0.615. The van der Waals surface area contributed by atoms with Crippen LogP contribution in [0.3, 0.4) is 0 Å². The SMILES string of the molecule is CCCCCN[C@@H]1C(=O)N2C(C(=O)O)=C(C=S)C[S+]([O-])[C@@H]12. The summed E-state index contributed by atoms with van der Waals surface area (Å²) < 4.78 is 12.2. The number of β-lactam (4-membered cyclic amide) rings is 1. The van der Waals surface area contributed by atoms with E-state index < -0.39 is 28.6 Å². The standard InChI is InChI=1S/C13H18N2O4S2/c1-2-3-4-5-14-9-11(16)15-10(13(17)18)8(6-20)7-21(19)12(9)15/h6,9,12,14H,2-5,7H2,1H3,(H,17,18)/t9-,12+,21?/m1/s1. The first-order valence-corrected chi connectivity index (χ1v) is 8.73. The summed E-state index contributed by atoms with van der Waals surface area (Å²) in [6.07, 6.45) is 3.07. The van der Waals surface area contributed by atoms with Crippen molar-refractivity contribution >= 4 is 40.6 Å². The van der Waals surface area contributed by atoms with Crippen LogP contribution in [0.15, 0.2) is 11.3 Å². The number of nitrogens with zero attached hydrogens (tertiary/aromatic N) is 1. The largest absolute Gasteiger partial charge is 0.614 e. The monoisotopic (exact) mass is 330 g/mol. The predicted molar refractivity (Wildman–Crippen MR) is 83.3 cm³/mol. The van der Waals surface area contributed by atoms with E-state index in [1.807, 2.05) is 0 Å². The zero-order valence-electron chi connectivity index (χ0n) is 11.7. The number of hydrogen-bond donors (Lipinski definition) is 2. The Kier molecular flexibility index (Phi) is 5.37. The van der Waals surface area contributed by atoms with Gasteiger partial charge in [-0.05, 0) is 24.1 Å². The van der Waals surface area contributed by atoms with Crippen LogP contribution in [0.25, 0.3) is 0 Å². The van der Waals surface area contributed by atoms with Crippen LogP contribution in [0.4, 0.5) is 0 Å². The molecule has 2 aliphatic heterocycles. The Labute approximate surface area is 131 Å². The van der Waals surface area contributed by atoms with E-state index in [0.29, 0.717) is 6.54 Å². The zero-order chi connectivity index (χ0) is 15.6.